The summed E-state index contributed by atoms with van der Waals surface area (Å²) in [5.74, 6) is 0. The fourth-order valence-corrected chi connectivity index (χ4v) is 2.97. The van der Waals surface area contributed by atoms with E-state index in [0.29, 0.717) is 0 Å². The van der Waals surface area contributed by atoms with Gasteiger partial charge in [-0.3, -0.25) is 0 Å². The second kappa shape index (κ2) is 21.9. The Labute approximate surface area is 146 Å². The summed E-state index contributed by atoms with van der Waals surface area (Å²) in [7, 11) is 0. The maximum atomic E-state index is 5.42. The van der Waals surface area contributed by atoms with Crippen molar-refractivity contribution in [1.82, 2.24) is 10.6 Å². The summed E-state index contributed by atoms with van der Waals surface area (Å²) in [6.07, 6.45) is 20.1. The van der Waals surface area contributed by atoms with E-state index in [-0.39, 0.29) is 0 Å². The van der Waals surface area contributed by atoms with Gasteiger partial charge in [0.1, 0.15) is 0 Å². The Kier molecular flexibility index (Phi) is 21.8. The van der Waals surface area contributed by atoms with Crippen LogP contribution in [0.4, 0.5) is 0 Å². The second-order valence-corrected chi connectivity index (χ2v) is 6.88. The lowest BCUT2D eigenvalue weighted by atomic mass is 10.0. The molecule has 0 saturated heterocycles. The molecule has 0 aromatic carbocycles. The van der Waals surface area contributed by atoms with Crippen molar-refractivity contribution >= 4 is 0 Å². The van der Waals surface area contributed by atoms with Gasteiger partial charge in [0, 0.05) is 26.2 Å². The average Bonchev–Trinajstić information content (AvgIpc) is 2.57. The minimum atomic E-state index is 0.735. The van der Waals surface area contributed by atoms with Gasteiger partial charge in [0.15, 0.2) is 0 Å². The summed E-state index contributed by atoms with van der Waals surface area (Å²) < 4.78 is 0. The molecule has 0 radical (unpaired) electrons. The highest BCUT2D eigenvalue weighted by Crippen LogP contribution is 2.12. The highest BCUT2D eigenvalue weighted by Gasteiger charge is 1.94. The Bertz CT molecular complexity index is 177. The molecule has 0 amide bonds. The summed E-state index contributed by atoms with van der Waals surface area (Å²) >= 11 is 0. The third-order valence-corrected chi connectivity index (χ3v) is 4.51. The predicted octanol–water partition coefficient (Wildman–Crippen LogP) is 4.61. The van der Waals surface area contributed by atoms with Crippen LogP contribution in [0.25, 0.3) is 0 Å². The molecule has 23 heavy (non-hydrogen) atoms. The Morgan fingerprint density at radius 1 is 0.478 bits per heavy atom. The van der Waals surface area contributed by atoms with E-state index in [1.54, 1.807) is 0 Å². The fraction of sp³-hybridized carbons (Fsp3) is 1.00. The SMILES string of the molecule is CCCCCCCCCCCCCCCCNCCNCCN. The number of nitrogens with one attached hydrogen (secondary N) is 2. The number of rotatable bonds is 20. The molecule has 3 heteroatoms. The lowest BCUT2D eigenvalue weighted by molar-refractivity contribution is 0.527. The van der Waals surface area contributed by atoms with Crippen LogP contribution in [0, 0.1) is 0 Å². The number of nitrogens with two attached hydrogens (primary N) is 1. The van der Waals surface area contributed by atoms with E-state index < -0.39 is 0 Å². The molecule has 0 aliphatic rings. The van der Waals surface area contributed by atoms with E-state index in [4.69, 9.17) is 5.73 Å². The highest BCUT2D eigenvalue weighted by molar-refractivity contribution is 4.54. The number of hydrogen-bond acceptors (Lipinski definition) is 3. The molecular formula is C20H45N3. The van der Waals surface area contributed by atoms with Crippen LogP contribution >= 0.6 is 0 Å². The average molecular weight is 328 g/mol. The standard InChI is InChI=1S/C20H45N3/c1-2-3-4-5-6-7-8-9-10-11-12-13-14-15-17-22-19-20-23-18-16-21/h22-23H,2-21H2,1H3. The van der Waals surface area contributed by atoms with Crippen LogP contribution in [0.15, 0.2) is 0 Å². The van der Waals surface area contributed by atoms with Crippen LogP contribution in [0.3, 0.4) is 0 Å². The van der Waals surface area contributed by atoms with E-state index in [1.807, 2.05) is 0 Å². The molecule has 140 valence electrons. The molecule has 0 bridgehead atoms. The van der Waals surface area contributed by atoms with Gasteiger partial charge in [-0.15, -0.1) is 0 Å². The molecule has 0 aliphatic heterocycles. The Morgan fingerprint density at radius 2 is 0.870 bits per heavy atom. The van der Waals surface area contributed by atoms with E-state index in [2.05, 4.69) is 17.6 Å². The molecule has 0 saturated carbocycles. The van der Waals surface area contributed by atoms with Gasteiger partial charge in [0.2, 0.25) is 0 Å². The van der Waals surface area contributed by atoms with Crippen LogP contribution in [-0.4, -0.2) is 32.7 Å². The molecule has 0 heterocycles. The van der Waals surface area contributed by atoms with E-state index >= 15 is 0 Å². The maximum absolute atomic E-state index is 5.42. The Balaban J connectivity index is 2.92. The van der Waals surface area contributed by atoms with Crippen LogP contribution in [-0.2, 0) is 0 Å². The van der Waals surface area contributed by atoms with Crippen molar-refractivity contribution in [3.8, 4) is 0 Å². The van der Waals surface area contributed by atoms with Gasteiger partial charge in [0.05, 0.1) is 0 Å². The van der Waals surface area contributed by atoms with Crippen molar-refractivity contribution in [2.75, 3.05) is 32.7 Å². The van der Waals surface area contributed by atoms with E-state index in [0.717, 1.165) is 26.2 Å². The summed E-state index contributed by atoms with van der Waals surface area (Å²) in [4.78, 5) is 0. The van der Waals surface area contributed by atoms with E-state index in [9.17, 15) is 0 Å². The number of unbranched alkanes of at least 4 members (excludes halogenated alkanes) is 13. The predicted molar refractivity (Wildman–Crippen MR) is 105 cm³/mol. The summed E-state index contributed by atoms with van der Waals surface area (Å²) in [5, 5.41) is 6.78. The lowest BCUT2D eigenvalue weighted by Crippen LogP contribution is -2.31. The smallest absolute Gasteiger partial charge is 0.00772 e. The van der Waals surface area contributed by atoms with E-state index in [1.165, 1.54) is 96.4 Å². The van der Waals surface area contributed by atoms with Gasteiger partial charge in [0.25, 0.3) is 0 Å². The molecule has 0 unspecified atom stereocenters. The largest absolute Gasteiger partial charge is 0.329 e. The zero-order valence-corrected chi connectivity index (χ0v) is 16.0. The monoisotopic (exact) mass is 327 g/mol. The third kappa shape index (κ3) is 21.9. The first-order valence-electron chi connectivity index (χ1n) is 10.5. The van der Waals surface area contributed by atoms with Crippen molar-refractivity contribution < 1.29 is 0 Å². The quantitative estimate of drug-likeness (QED) is 0.286. The molecule has 0 aromatic heterocycles. The molecule has 0 spiro atoms. The molecule has 0 atom stereocenters. The first kappa shape index (κ1) is 22.9. The Hall–Kier alpha value is -0.120. The first-order valence-corrected chi connectivity index (χ1v) is 10.5. The molecule has 0 aliphatic carbocycles. The van der Waals surface area contributed by atoms with Gasteiger partial charge in [-0.2, -0.15) is 0 Å². The highest BCUT2D eigenvalue weighted by atomic mass is 14.9. The van der Waals surface area contributed by atoms with Crippen LogP contribution in [0.2, 0.25) is 0 Å². The van der Waals surface area contributed by atoms with Gasteiger partial charge in [-0.25, -0.2) is 0 Å². The van der Waals surface area contributed by atoms with Gasteiger partial charge >= 0.3 is 0 Å². The maximum Gasteiger partial charge on any atom is 0.00772 e. The lowest BCUT2D eigenvalue weighted by Gasteiger charge is -2.06. The zero-order chi connectivity index (χ0) is 16.8. The summed E-state index contributed by atoms with van der Waals surface area (Å²) in [6.45, 7) is 7.23. The molecule has 0 fully saturated rings. The fourth-order valence-electron chi connectivity index (χ4n) is 2.97. The molecule has 4 N–H and O–H groups in total. The molecule has 0 aromatic rings. The van der Waals surface area contributed by atoms with Crippen molar-refractivity contribution in [3.05, 3.63) is 0 Å². The topological polar surface area (TPSA) is 50.1 Å². The van der Waals surface area contributed by atoms with Gasteiger partial charge in [-0.05, 0) is 13.0 Å². The van der Waals surface area contributed by atoms with Crippen molar-refractivity contribution in [2.45, 2.75) is 96.8 Å². The zero-order valence-electron chi connectivity index (χ0n) is 16.0. The van der Waals surface area contributed by atoms with Gasteiger partial charge in [-0.1, -0.05) is 90.4 Å². The van der Waals surface area contributed by atoms with Crippen molar-refractivity contribution in [3.63, 3.8) is 0 Å². The molecular weight excluding hydrogens is 282 g/mol. The normalized spacial score (nSPS) is 11.2. The third-order valence-electron chi connectivity index (χ3n) is 4.51. The second-order valence-electron chi connectivity index (χ2n) is 6.88. The molecule has 0 rings (SSSR count). The Morgan fingerprint density at radius 3 is 1.30 bits per heavy atom. The summed E-state index contributed by atoms with van der Waals surface area (Å²) in [6, 6.07) is 0. The number of hydrogen-bond donors (Lipinski definition) is 3. The van der Waals surface area contributed by atoms with Crippen molar-refractivity contribution in [2.24, 2.45) is 5.73 Å². The van der Waals surface area contributed by atoms with Crippen LogP contribution in [0.1, 0.15) is 96.8 Å². The first-order chi connectivity index (χ1) is 11.4. The molecule has 3 nitrogen and oxygen atoms in total. The van der Waals surface area contributed by atoms with Gasteiger partial charge < -0.3 is 16.4 Å². The summed E-state index contributed by atoms with van der Waals surface area (Å²) in [5.41, 5.74) is 5.42. The minimum absolute atomic E-state index is 0.735. The van der Waals surface area contributed by atoms with Crippen LogP contribution < -0.4 is 16.4 Å². The minimum Gasteiger partial charge on any atom is -0.329 e. The van der Waals surface area contributed by atoms with Crippen molar-refractivity contribution in [1.29, 1.82) is 0 Å². The van der Waals surface area contributed by atoms with Crippen LogP contribution in [0.5, 0.6) is 0 Å².